The number of hydrogen-bond donors (Lipinski definition) is 0. The van der Waals surface area contributed by atoms with Gasteiger partial charge in [-0.05, 0) is 62.2 Å². The highest BCUT2D eigenvalue weighted by molar-refractivity contribution is 7.94. The second kappa shape index (κ2) is 8.20. The molecule has 30 heavy (non-hydrogen) atoms. The molecule has 0 unspecified atom stereocenters. The zero-order valence-corrected chi connectivity index (χ0v) is 18.8. The molecule has 3 rings (SSSR count). The molecule has 0 spiro atoms. The Hall–Kier alpha value is -2.71. The highest BCUT2D eigenvalue weighted by Crippen LogP contribution is 2.31. The number of rotatable bonds is 6. The van der Waals surface area contributed by atoms with Crippen LogP contribution in [0.25, 0.3) is 0 Å². The van der Waals surface area contributed by atoms with Gasteiger partial charge in [-0.2, -0.15) is 0 Å². The number of aryl methyl sites for hydroxylation is 3. The van der Waals surface area contributed by atoms with Gasteiger partial charge in [-0.25, -0.2) is 21.8 Å². The molecule has 0 aliphatic carbocycles. The van der Waals surface area contributed by atoms with Gasteiger partial charge in [-0.3, -0.25) is 0 Å². The van der Waals surface area contributed by atoms with Crippen LogP contribution >= 0.6 is 0 Å². The zero-order valence-electron chi connectivity index (χ0n) is 17.2. The minimum atomic E-state index is -4.08. The lowest BCUT2D eigenvalue weighted by Crippen LogP contribution is -2.16. The van der Waals surface area contributed by atoms with E-state index >= 15 is 0 Å². The van der Waals surface area contributed by atoms with E-state index in [0.29, 0.717) is 22.6 Å². The lowest BCUT2D eigenvalue weighted by atomic mass is 10.2. The topological polar surface area (TPSA) is 90.4 Å². The molecule has 3 aromatic rings. The SMILES string of the molecule is COc1ccc(CS(=O)(=O)c2nc(C)cc(C)c2S(=O)(=O)c2ccc(C)cc2)cc1. The molecular formula is C22H23NO5S2. The normalized spacial score (nSPS) is 12.0. The summed E-state index contributed by atoms with van der Waals surface area (Å²) in [6, 6.07) is 14.5. The molecule has 1 aromatic heterocycles. The minimum absolute atomic E-state index is 0.0303. The third-order valence-corrected chi connectivity index (χ3v) is 8.34. The number of benzene rings is 2. The highest BCUT2D eigenvalue weighted by Gasteiger charge is 2.32. The number of ether oxygens (including phenoxy) is 1. The van der Waals surface area contributed by atoms with Crippen LogP contribution in [0.4, 0.5) is 0 Å². The first kappa shape index (κ1) is 22.0. The average Bonchev–Trinajstić information content (AvgIpc) is 2.67. The maximum atomic E-state index is 13.4. The van der Waals surface area contributed by atoms with E-state index < -0.39 is 24.7 Å². The molecule has 0 bridgehead atoms. The van der Waals surface area contributed by atoms with E-state index in [1.165, 1.54) is 19.2 Å². The van der Waals surface area contributed by atoms with Crippen LogP contribution < -0.4 is 4.74 Å². The molecule has 0 aliphatic rings. The Bertz CT molecular complexity index is 1280. The van der Waals surface area contributed by atoms with Crippen molar-refractivity contribution >= 4 is 19.7 Å². The number of aromatic nitrogens is 1. The van der Waals surface area contributed by atoms with Crippen molar-refractivity contribution in [2.75, 3.05) is 7.11 Å². The molecule has 8 heteroatoms. The second-order valence-electron chi connectivity index (χ2n) is 7.14. The summed E-state index contributed by atoms with van der Waals surface area (Å²) in [6.45, 7) is 5.07. The average molecular weight is 446 g/mol. The van der Waals surface area contributed by atoms with Gasteiger partial charge in [0.1, 0.15) is 10.6 Å². The molecule has 2 aromatic carbocycles. The quantitative estimate of drug-likeness (QED) is 0.573. The molecule has 0 saturated carbocycles. The van der Waals surface area contributed by atoms with Crippen LogP contribution in [0, 0.1) is 20.8 Å². The van der Waals surface area contributed by atoms with Gasteiger partial charge in [-0.15, -0.1) is 0 Å². The third-order valence-electron chi connectivity index (χ3n) is 4.67. The van der Waals surface area contributed by atoms with E-state index in [1.54, 1.807) is 56.3 Å². The fraction of sp³-hybridized carbons (Fsp3) is 0.227. The Balaban J connectivity index is 2.16. The van der Waals surface area contributed by atoms with E-state index in [0.717, 1.165) is 5.56 Å². The molecule has 0 radical (unpaired) electrons. The van der Waals surface area contributed by atoms with Crippen molar-refractivity contribution in [3.05, 3.63) is 77.0 Å². The summed E-state index contributed by atoms with van der Waals surface area (Å²) in [6.07, 6.45) is 0. The molecule has 0 fully saturated rings. The Morgan fingerprint density at radius 2 is 1.47 bits per heavy atom. The first-order valence-corrected chi connectivity index (χ1v) is 12.3. The lowest BCUT2D eigenvalue weighted by molar-refractivity contribution is 0.414. The van der Waals surface area contributed by atoms with Gasteiger partial charge in [-0.1, -0.05) is 29.8 Å². The molecule has 0 N–H and O–H groups in total. The van der Waals surface area contributed by atoms with Gasteiger partial charge in [0.2, 0.25) is 19.7 Å². The van der Waals surface area contributed by atoms with E-state index in [2.05, 4.69) is 4.98 Å². The van der Waals surface area contributed by atoms with Crippen LogP contribution in [0.1, 0.15) is 22.4 Å². The molecule has 0 saturated heterocycles. The summed E-state index contributed by atoms with van der Waals surface area (Å²) in [5.74, 6) is 0.229. The summed E-state index contributed by atoms with van der Waals surface area (Å²) < 4.78 is 58.3. The van der Waals surface area contributed by atoms with Crippen molar-refractivity contribution in [3.8, 4) is 5.75 Å². The summed E-state index contributed by atoms with van der Waals surface area (Å²) >= 11 is 0. The highest BCUT2D eigenvalue weighted by atomic mass is 32.2. The van der Waals surface area contributed by atoms with Crippen molar-refractivity contribution in [1.82, 2.24) is 4.98 Å². The van der Waals surface area contributed by atoms with E-state index in [-0.39, 0.29) is 15.5 Å². The molecule has 0 atom stereocenters. The van der Waals surface area contributed by atoms with Crippen LogP contribution in [0.2, 0.25) is 0 Å². The Morgan fingerprint density at radius 1 is 0.867 bits per heavy atom. The Morgan fingerprint density at radius 3 is 2.03 bits per heavy atom. The largest absolute Gasteiger partial charge is 0.497 e. The molecule has 0 amide bonds. The summed E-state index contributed by atoms with van der Waals surface area (Å²) in [5, 5.41) is -0.420. The Labute approximate surface area is 177 Å². The smallest absolute Gasteiger partial charge is 0.209 e. The van der Waals surface area contributed by atoms with Crippen LogP contribution in [-0.4, -0.2) is 28.9 Å². The fourth-order valence-electron chi connectivity index (χ4n) is 3.17. The number of nitrogens with zero attached hydrogens (tertiary/aromatic N) is 1. The molecular weight excluding hydrogens is 422 g/mol. The Kier molecular flexibility index (Phi) is 6.01. The van der Waals surface area contributed by atoms with Crippen molar-refractivity contribution in [3.63, 3.8) is 0 Å². The van der Waals surface area contributed by atoms with Gasteiger partial charge in [0.05, 0.1) is 17.8 Å². The van der Waals surface area contributed by atoms with Gasteiger partial charge >= 0.3 is 0 Å². The van der Waals surface area contributed by atoms with Crippen LogP contribution in [-0.2, 0) is 25.4 Å². The lowest BCUT2D eigenvalue weighted by Gasteiger charge is -2.15. The van der Waals surface area contributed by atoms with Crippen LogP contribution in [0.5, 0.6) is 5.75 Å². The van der Waals surface area contributed by atoms with Crippen molar-refractivity contribution in [2.45, 2.75) is 41.3 Å². The first-order valence-electron chi connectivity index (χ1n) is 9.20. The minimum Gasteiger partial charge on any atom is -0.497 e. The first-order chi connectivity index (χ1) is 14.0. The maximum absolute atomic E-state index is 13.4. The summed E-state index contributed by atoms with van der Waals surface area (Å²) in [7, 11) is -6.60. The van der Waals surface area contributed by atoms with Gasteiger partial charge < -0.3 is 4.74 Å². The van der Waals surface area contributed by atoms with E-state index in [9.17, 15) is 16.8 Å². The second-order valence-corrected chi connectivity index (χ2v) is 10.9. The number of sulfone groups is 2. The van der Waals surface area contributed by atoms with Gasteiger partial charge in [0, 0.05) is 5.69 Å². The monoisotopic (exact) mass is 445 g/mol. The van der Waals surface area contributed by atoms with Crippen LogP contribution in [0.3, 0.4) is 0 Å². The van der Waals surface area contributed by atoms with Crippen LogP contribution in [0.15, 0.2) is 69.4 Å². The predicted octanol–water partition coefficient (Wildman–Crippen LogP) is 3.82. The fourth-order valence-corrected chi connectivity index (χ4v) is 6.87. The predicted molar refractivity (Wildman–Crippen MR) is 114 cm³/mol. The molecule has 158 valence electrons. The summed E-state index contributed by atoms with van der Waals surface area (Å²) in [5.41, 5.74) is 2.19. The zero-order chi connectivity index (χ0) is 22.1. The standard InChI is InChI=1S/C22H23NO5S2/c1-15-5-11-20(12-6-15)30(26,27)21-16(2)13-17(3)23-22(21)29(24,25)14-18-7-9-19(28-4)10-8-18/h5-13H,14H2,1-4H3. The number of methoxy groups -OCH3 is 1. The van der Waals surface area contributed by atoms with Gasteiger partial charge in [0.25, 0.3) is 0 Å². The molecule has 6 nitrogen and oxygen atoms in total. The third kappa shape index (κ3) is 4.39. The van der Waals surface area contributed by atoms with E-state index in [1.807, 2.05) is 6.92 Å². The number of pyridine rings is 1. The van der Waals surface area contributed by atoms with E-state index in [4.69, 9.17) is 4.74 Å². The molecule has 0 aliphatic heterocycles. The van der Waals surface area contributed by atoms with Crippen molar-refractivity contribution < 1.29 is 21.6 Å². The summed E-state index contributed by atoms with van der Waals surface area (Å²) in [4.78, 5) is 3.91. The number of hydrogen-bond acceptors (Lipinski definition) is 6. The molecule has 1 heterocycles. The van der Waals surface area contributed by atoms with Crippen molar-refractivity contribution in [1.29, 1.82) is 0 Å². The maximum Gasteiger partial charge on any atom is 0.209 e. The van der Waals surface area contributed by atoms with Gasteiger partial charge in [0.15, 0.2) is 5.03 Å². The van der Waals surface area contributed by atoms with Crippen molar-refractivity contribution in [2.24, 2.45) is 0 Å².